The van der Waals surface area contributed by atoms with Crippen LogP contribution >= 0.6 is 55.1 Å². The molecule has 2 amide bonds. The quantitative estimate of drug-likeness (QED) is 0.0890. The van der Waals surface area contributed by atoms with Crippen molar-refractivity contribution in [1.29, 1.82) is 0 Å². The predicted molar refractivity (Wildman–Crippen MR) is 204 cm³/mol. The minimum absolute atomic E-state index is 0.00627. The highest BCUT2D eigenvalue weighted by Gasteiger charge is 2.74. The van der Waals surface area contributed by atoms with Crippen LogP contribution in [0.1, 0.15) is 38.8 Å². The molecule has 7 nitrogen and oxygen atoms in total. The van der Waals surface area contributed by atoms with Gasteiger partial charge in [0.2, 0.25) is 0 Å². The molecule has 4 rings (SSSR count). The average molecular weight is 1080 g/mol. The number of amides is 2. The van der Waals surface area contributed by atoms with Crippen LogP contribution in [0.3, 0.4) is 0 Å². The molecule has 342 valence electrons. The fourth-order valence-electron chi connectivity index (χ4n) is 4.88. The van der Waals surface area contributed by atoms with Crippen molar-refractivity contribution in [3.63, 3.8) is 0 Å². The molecular weight excluding hydrogens is 1060 g/mol. The number of aliphatic hydroxyl groups is 1. The number of anilines is 4. The van der Waals surface area contributed by atoms with Crippen LogP contribution in [0.2, 0.25) is 10.0 Å². The van der Waals surface area contributed by atoms with Gasteiger partial charge in [-0.05, 0) is 87.3 Å². The maximum atomic E-state index is 14.4. The Bertz CT molecular complexity index is 2200. The summed E-state index contributed by atoms with van der Waals surface area (Å²) in [5.74, 6) is -4.29. The number of rotatable bonds is 8. The highest BCUT2D eigenvalue weighted by Crippen LogP contribution is 2.56. The third kappa shape index (κ3) is 11.1. The molecule has 62 heavy (non-hydrogen) atoms. The van der Waals surface area contributed by atoms with Gasteiger partial charge in [0, 0.05) is 33.7 Å². The lowest BCUT2D eigenvalue weighted by Crippen LogP contribution is -2.50. The third-order valence-corrected chi connectivity index (χ3v) is 9.65. The van der Waals surface area contributed by atoms with E-state index in [0.717, 1.165) is 25.3 Å². The summed E-state index contributed by atoms with van der Waals surface area (Å²) >= 11 is 16.7. The van der Waals surface area contributed by atoms with E-state index < -0.39 is 112 Å². The molecule has 0 fully saturated rings. The van der Waals surface area contributed by atoms with Gasteiger partial charge >= 0.3 is 36.0 Å². The second kappa shape index (κ2) is 20.1. The standard InChI is InChI=1S/C18H12BrClF8N2O.C16H8BrClF8N2O.CH4O/c1-2-29-12-5-3-4-9(13(12)21)15(31)30-14-10(19)6-8(7-11(14)20)16(22,17(23,24)25)18(26,27)28;17-8-4-6(14(20,15(21,22)23)16(24,25)26)5-9(18)12(8)28-13(29)7-2-1-3-10(27)11(7)19;1-2/h3-7,29H,2H2,1H3,(H,30,31);1-5H,27H2,(H,28,29);2H,1H3. The SMILES string of the molecule is CCNc1cccc(C(=O)Nc2c(Cl)cc(C(F)(C(F)(F)F)C(F)(F)F)cc2Br)c1F.CO.Nc1cccc(C(=O)Nc2c(Cl)cc(C(F)(C(F)(F)F)C(F)(F)F)cc2Br)c1F. The van der Waals surface area contributed by atoms with Crippen molar-refractivity contribution in [1.82, 2.24) is 0 Å². The van der Waals surface area contributed by atoms with Gasteiger partial charge < -0.3 is 26.8 Å². The normalized spacial score (nSPS) is 12.4. The minimum Gasteiger partial charge on any atom is -0.400 e. The van der Waals surface area contributed by atoms with Crippen LogP contribution in [0, 0.1) is 11.6 Å². The molecule has 4 aromatic carbocycles. The molecule has 4 aromatic rings. The molecule has 0 unspecified atom stereocenters. The first kappa shape index (κ1) is 53.9. The van der Waals surface area contributed by atoms with Gasteiger partial charge in [-0.2, -0.15) is 52.7 Å². The Morgan fingerprint density at radius 1 is 0.613 bits per heavy atom. The minimum atomic E-state index is -6.34. The summed E-state index contributed by atoms with van der Waals surface area (Å²) in [6.45, 7) is 2.02. The lowest BCUT2D eigenvalue weighted by atomic mass is 9.94. The Hall–Kier alpha value is -4.20. The molecule has 0 spiro atoms. The highest BCUT2D eigenvalue weighted by molar-refractivity contribution is 9.11. The number of carbonyl (C=O) groups is 2. The molecule has 0 saturated heterocycles. The zero-order valence-electron chi connectivity index (χ0n) is 30.4. The van der Waals surface area contributed by atoms with Crippen molar-refractivity contribution < 1.29 is 84.9 Å². The van der Waals surface area contributed by atoms with Crippen LogP contribution in [0.4, 0.5) is 93.0 Å². The van der Waals surface area contributed by atoms with Crippen molar-refractivity contribution >= 4 is 89.6 Å². The molecule has 0 saturated carbocycles. The van der Waals surface area contributed by atoms with Crippen molar-refractivity contribution in [2.75, 3.05) is 35.3 Å². The number of carbonyl (C=O) groups excluding carboxylic acids is 2. The smallest absolute Gasteiger partial charge is 0.400 e. The van der Waals surface area contributed by atoms with E-state index >= 15 is 0 Å². The lowest BCUT2D eigenvalue weighted by Gasteiger charge is -2.30. The molecule has 0 heterocycles. The number of benzene rings is 4. The van der Waals surface area contributed by atoms with Crippen molar-refractivity contribution in [3.8, 4) is 0 Å². The Morgan fingerprint density at radius 3 is 1.27 bits per heavy atom. The number of aliphatic hydroxyl groups excluding tert-OH is 1. The van der Waals surface area contributed by atoms with Gasteiger partial charge in [-0.3, -0.25) is 9.59 Å². The van der Waals surface area contributed by atoms with Crippen LogP contribution in [0.5, 0.6) is 0 Å². The van der Waals surface area contributed by atoms with Gasteiger partial charge in [0.1, 0.15) is 0 Å². The molecular formula is C35H24Br2Cl2F16N4O3. The largest absolute Gasteiger partial charge is 0.435 e. The van der Waals surface area contributed by atoms with Crippen molar-refractivity contribution in [2.45, 2.75) is 43.0 Å². The summed E-state index contributed by atoms with van der Waals surface area (Å²) in [5.41, 5.74) is -12.2. The van der Waals surface area contributed by atoms with Crippen LogP contribution in [-0.4, -0.2) is 55.3 Å². The molecule has 0 radical (unpaired) electrons. The maximum absolute atomic E-state index is 14.4. The fourth-order valence-corrected chi connectivity index (χ4v) is 6.76. The third-order valence-electron chi connectivity index (χ3n) is 7.80. The maximum Gasteiger partial charge on any atom is 0.435 e. The van der Waals surface area contributed by atoms with Crippen LogP contribution in [-0.2, 0) is 11.3 Å². The van der Waals surface area contributed by atoms with Gasteiger partial charge in [0.25, 0.3) is 11.8 Å². The molecule has 0 aromatic heterocycles. The predicted octanol–water partition coefficient (Wildman–Crippen LogP) is 13.2. The Balaban J connectivity index is 0.000000411. The Labute approximate surface area is 365 Å². The molecule has 27 heteroatoms. The van der Waals surface area contributed by atoms with E-state index in [4.69, 9.17) is 34.0 Å². The average Bonchev–Trinajstić information content (AvgIpc) is 3.14. The van der Waals surface area contributed by atoms with Gasteiger partial charge in [0.05, 0.1) is 43.9 Å². The van der Waals surface area contributed by atoms with E-state index in [1.807, 2.05) is 5.32 Å². The summed E-state index contributed by atoms with van der Waals surface area (Å²) in [4.78, 5) is 24.6. The number of nitrogen functional groups attached to an aromatic ring is 1. The van der Waals surface area contributed by atoms with Crippen molar-refractivity contribution in [2.24, 2.45) is 0 Å². The number of alkyl halides is 14. The number of nitrogens with one attached hydrogen (secondary N) is 3. The topological polar surface area (TPSA) is 116 Å². The Morgan fingerprint density at radius 2 is 0.952 bits per heavy atom. The number of nitrogens with two attached hydrogens (primary N) is 1. The summed E-state index contributed by atoms with van der Waals surface area (Å²) in [6.07, 6.45) is -25.4. The van der Waals surface area contributed by atoms with Crippen LogP contribution < -0.4 is 21.7 Å². The fraction of sp³-hybridized carbons (Fsp3) is 0.257. The lowest BCUT2D eigenvalue weighted by molar-refractivity contribution is -0.349. The van der Waals surface area contributed by atoms with Gasteiger partial charge in [0.15, 0.2) is 11.6 Å². The molecule has 0 aliphatic rings. The zero-order valence-corrected chi connectivity index (χ0v) is 35.1. The monoisotopic (exact) mass is 1080 g/mol. The summed E-state index contributed by atoms with van der Waals surface area (Å²) in [6, 6.07) is 7.72. The summed E-state index contributed by atoms with van der Waals surface area (Å²) in [5, 5.41) is 12.1. The molecule has 6 N–H and O–H groups in total. The van der Waals surface area contributed by atoms with E-state index in [1.165, 1.54) is 18.2 Å². The zero-order chi connectivity index (χ0) is 48.1. The first-order chi connectivity index (χ1) is 28.3. The van der Waals surface area contributed by atoms with Crippen molar-refractivity contribution in [3.05, 3.63) is 114 Å². The van der Waals surface area contributed by atoms with Crippen LogP contribution in [0.15, 0.2) is 69.6 Å². The molecule has 0 atom stereocenters. The first-order valence-corrected chi connectivity index (χ1v) is 18.4. The highest BCUT2D eigenvalue weighted by atomic mass is 79.9. The number of hydrogen-bond donors (Lipinski definition) is 5. The van der Waals surface area contributed by atoms with Gasteiger partial charge in [-0.25, -0.2) is 17.6 Å². The van der Waals surface area contributed by atoms with E-state index in [1.54, 1.807) is 6.92 Å². The summed E-state index contributed by atoms with van der Waals surface area (Å²) in [7, 11) is 1.00. The van der Waals surface area contributed by atoms with E-state index in [0.29, 0.717) is 6.54 Å². The first-order valence-electron chi connectivity index (χ1n) is 16.0. The number of hydrogen-bond acceptors (Lipinski definition) is 5. The second-order valence-electron chi connectivity index (χ2n) is 11.8. The molecule has 0 aliphatic heterocycles. The van der Waals surface area contributed by atoms with Crippen LogP contribution in [0.25, 0.3) is 0 Å². The Kier molecular flexibility index (Phi) is 17.5. The van der Waals surface area contributed by atoms with E-state index in [2.05, 4.69) is 42.5 Å². The molecule has 0 aliphatic carbocycles. The van der Waals surface area contributed by atoms with Gasteiger partial charge in [-0.1, -0.05) is 35.3 Å². The van der Waals surface area contributed by atoms with E-state index in [-0.39, 0.29) is 35.6 Å². The second-order valence-corrected chi connectivity index (χ2v) is 14.3. The number of halogens is 20. The van der Waals surface area contributed by atoms with Gasteiger partial charge in [-0.15, -0.1) is 0 Å². The summed E-state index contributed by atoms with van der Waals surface area (Å²) < 4.78 is 211. The molecule has 0 bridgehead atoms. The van der Waals surface area contributed by atoms with E-state index in [9.17, 15) is 79.8 Å².